The Morgan fingerprint density at radius 3 is 2.94 bits per heavy atom. The van der Waals surface area contributed by atoms with Crippen molar-refractivity contribution in [1.29, 1.82) is 0 Å². The molecule has 0 aliphatic rings. The van der Waals surface area contributed by atoms with Gasteiger partial charge in [0.15, 0.2) is 0 Å². The minimum Gasteiger partial charge on any atom is -0.468 e. The summed E-state index contributed by atoms with van der Waals surface area (Å²) in [5.74, 6) is 2.01. The Kier molecular flexibility index (Phi) is 5.49. The van der Waals surface area contributed by atoms with Crippen molar-refractivity contribution in [2.75, 3.05) is 13.7 Å². The largest absolute Gasteiger partial charge is 0.468 e. The molecule has 0 radical (unpaired) electrons. The van der Waals surface area contributed by atoms with Crippen LogP contribution in [0.3, 0.4) is 0 Å². The number of hydrogen-bond donors (Lipinski definition) is 1. The molecule has 0 heterocycles. The number of terminal acetylenes is 1. The molecule has 0 saturated heterocycles. The SMILES string of the molecule is C#CCNC(C(=O)OC)c1ccc(Br)c(Cl)c1. The molecule has 1 N–H and O–H groups in total. The van der Waals surface area contributed by atoms with Gasteiger partial charge in [-0.2, -0.15) is 0 Å². The van der Waals surface area contributed by atoms with Crippen LogP contribution in [0.2, 0.25) is 5.02 Å². The van der Waals surface area contributed by atoms with Crippen molar-refractivity contribution < 1.29 is 9.53 Å². The molecule has 1 unspecified atom stereocenters. The summed E-state index contributed by atoms with van der Waals surface area (Å²) in [6.45, 7) is 0.271. The molecule has 0 aliphatic heterocycles. The fraction of sp³-hybridized carbons (Fsp3) is 0.250. The topological polar surface area (TPSA) is 38.3 Å². The van der Waals surface area contributed by atoms with E-state index in [2.05, 4.69) is 27.2 Å². The first-order chi connectivity index (χ1) is 8.10. The fourth-order valence-electron chi connectivity index (χ4n) is 1.31. The van der Waals surface area contributed by atoms with Gasteiger partial charge >= 0.3 is 5.97 Å². The summed E-state index contributed by atoms with van der Waals surface area (Å²) in [4.78, 5) is 11.6. The molecule has 1 atom stereocenters. The van der Waals surface area contributed by atoms with Crippen LogP contribution >= 0.6 is 27.5 Å². The van der Waals surface area contributed by atoms with Gasteiger partial charge in [0.05, 0.1) is 18.7 Å². The van der Waals surface area contributed by atoms with Crippen LogP contribution < -0.4 is 5.32 Å². The molecular weight excluding hydrogens is 305 g/mol. The van der Waals surface area contributed by atoms with Crippen molar-refractivity contribution in [3.8, 4) is 12.3 Å². The minimum atomic E-state index is -0.610. The lowest BCUT2D eigenvalue weighted by Crippen LogP contribution is -2.29. The van der Waals surface area contributed by atoms with E-state index in [0.29, 0.717) is 10.6 Å². The van der Waals surface area contributed by atoms with Crippen LogP contribution in [0.5, 0.6) is 0 Å². The third kappa shape index (κ3) is 3.74. The van der Waals surface area contributed by atoms with Gasteiger partial charge in [-0.3, -0.25) is 5.32 Å². The number of halogens is 2. The normalized spacial score (nSPS) is 11.6. The van der Waals surface area contributed by atoms with Crippen LogP contribution in [0.1, 0.15) is 11.6 Å². The molecule has 0 fully saturated rings. The lowest BCUT2D eigenvalue weighted by Gasteiger charge is -2.15. The van der Waals surface area contributed by atoms with Crippen LogP contribution in [-0.4, -0.2) is 19.6 Å². The standard InChI is InChI=1S/C12H11BrClNO2/c1-3-6-15-11(12(16)17-2)8-4-5-9(13)10(14)7-8/h1,4-5,7,11,15H,6H2,2H3. The fourth-order valence-corrected chi connectivity index (χ4v) is 1.74. The average molecular weight is 317 g/mol. The first kappa shape index (κ1) is 14.0. The van der Waals surface area contributed by atoms with Gasteiger partial charge < -0.3 is 4.74 Å². The predicted octanol–water partition coefficient (Wildman–Crippen LogP) is 2.54. The lowest BCUT2D eigenvalue weighted by molar-refractivity contribution is -0.143. The van der Waals surface area contributed by atoms with Gasteiger partial charge in [-0.15, -0.1) is 6.42 Å². The Balaban J connectivity index is 3.00. The maximum atomic E-state index is 11.6. The van der Waals surface area contributed by atoms with Gasteiger partial charge in [-0.25, -0.2) is 4.79 Å². The number of esters is 1. The molecule has 17 heavy (non-hydrogen) atoms. The van der Waals surface area contributed by atoms with Gasteiger partial charge in [0.1, 0.15) is 6.04 Å². The van der Waals surface area contributed by atoms with E-state index in [1.54, 1.807) is 18.2 Å². The van der Waals surface area contributed by atoms with Crippen LogP contribution in [0, 0.1) is 12.3 Å². The first-order valence-corrected chi connectivity index (χ1v) is 5.97. The van der Waals surface area contributed by atoms with E-state index < -0.39 is 12.0 Å². The van der Waals surface area contributed by atoms with Crippen molar-refractivity contribution in [2.45, 2.75) is 6.04 Å². The first-order valence-electron chi connectivity index (χ1n) is 4.79. The second-order valence-corrected chi connectivity index (χ2v) is 4.48. The highest BCUT2D eigenvalue weighted by Crippen LogP contribution is 2.26. The maximum absolute atomic E-state index is 11.6. The quantitative estimate of drug-likeness (QED) is 0.685. The number of carbonyl (C=O) groups excluding carboxylic acids is 1. The van der Waals surface area contributed by atoms with E-state index in [1.165, 1.54) is 7.11 Å². The van der Waals surface area contributed by atoms with E-state index in [4.69, 9.17) is 22.8 Å². The van der Waals surface area contributed by atoms with Crippen molar-refractivity contribution >= 4 is 33.5 Å². The molecule has 1 aromatic carbocycles. The van der Waals surface area contributed by atoms with Gasteiger partial charge in [-0.05, 0) is 33.6 Å². The highest BCUT2D eigenvalue weighted by molar-refractivity contribution is 9.10. The Bertz CT molecular complexity index is 456. The predicted molar refractivity (Wildman–Crippen MR) is 70.7 cm³/mol. The molecule has 1 rings (SSSR count). The highest BCUT2D eigenvalue weighted by Gasteiger charge is 2.20. The molecule has 0 bridgehead atoms. The number of methoxy groups -OCH3 is 1. The Morgan fingerprint density at radius 2 is 2.41 bits per heavy atom. The molecule has 0 aliphatic carbocycles. The van der Waals surface area contributed by atoms with E-state index >= 15 is 0 Å². The summed E-state index contributed by atoms with van der Waals surface area (Å²) in [7, 11) is 1.33. The summed E-state index contributed by atoms with van der Waals surface area (Å²) < 4.78 is 5.48. The third-order valence-electron chi connectivity index (χ3n) is 2.12. The number of nitrogens with one attached hydrogen (secondary N) is 1. The molecule has 90 valence electrons. The van der Waals surface area contributed by atoms with Crippen molar-refractivity contribution in [2.24, 2.45) is 0 Å². The van der Waals surface area contributed by atoms with Crippen molar-refractivity contribution in [3.63, 3.8) is 0 Å². The molecular formula is C12H11BrClNO2. The summed E-state index contributed by atoms with van der Waals surface area (Å²) in [5, 5.41) is 3.43. The highest BCUT2D eigenvalue weighted by atomic mass is 79.9. The molecule has 5 heteroatoms. The second-order valence-electron chi connectivity index (χ2n) is 3.21. The van der Waals surface area contributed by atoms with Gasteiger partial charge in [0.25, 0.3) is 0 Å². The summed E-state index contributed by atoms with van der Waals surface area (Å²) >= 11 is 9.26. The molecule has 3 nitrogen and oxygen atoms in total. The Hall–Kier alpha value is -1.02. The number of rotatable bonds is 4. The maximum Gasteiger partial charge on any atom is 0.327 e. The smallest absolute Gasteiger partial charge is 0.327 e. The molecule has 0 saturated carbocycles. The van der Waals surface area contributed by atoms with E-state index in [9.17, 15) is 4.79 Å². The molecule has 0 aromatic heterocycles. The zero-order valence-electron chi connectivity index (χ0n) is 9.17. The van der Waals surface area contributed by atoms with Crippen LogP contribution in [0.25, 0.3) is 0 Å². The third-order valence-corrected chi connectivity index (χ3v) is 3.35. The zero-order chi connectivity index (χ0) is 12.8. The Morgan fingerprint density at radius 1 is 1.71 bits per heavy atom. The second kappa shape index (κ2) is 6.65. The number of hydrogen-bond acceptors (Lipinski definition) is 3. The monoisotopic (exact) mass is 315 g/mol. The lowest BCUT2D eigenvalue weighted by atomic mass is 10.1. The number of ether oxygens (including phenoxy) is 1. The number of carbonyl (C=O) groups is 1. The van der Waals surface area contributed by atoms with Crippen LogP contribution in [0.15, 0.2) is 22.7 Å². The van der Waals surface area contributed by atoms with Gasteiger partial charge in [-0.1, -0.05) is 23.6 Å². The Labute approximate surface area is 114 Å². The van der Waals surface area contributed by atoms with Gasteiger partial charge in [0.2, 0.25) is 0 Å². The van der Waals surface area contributed by atoms with E-state index in [-0.39, 0.29) is 6.54 Å². The summed E-state index contributed by atoms with van der Waals surface area (Å²) in [6.07, 6.45) is 5.15. The number of benzene rings is 1. The van der Waals surface area contributed by atoms with Gasteiger partial charge in [0, 0.05) is 4.47 Å². The van der Waals surface area contributed by atoms with E-state index in [1.807, 2.05) is 0 Å². The zero-order valence-corrected chi connectivity index (χ0v) is 11.5. The average Bonchev–Trinajstić information content (AvgIpc) is 2.33. The molecule has 0 amide bonds. The van der Waals surface area contributed by atoms with Crippen molar-refractivity contribution in [1.82, 2.24) is 5.32 Å². The van der Waals surface area contributed by atoms with Crippen LogP contribution in [0.4, 0.5) is 0 Å². The summed E-state index contributed by atoms with van der Waals surface area (Å²) in [5.41, 5.74) is 0.709. The van der Waals surface area contributed by atoms with E-state index in [0.717, 1.165) is 4.47 Å². The van der Waals surface area contributed by atoms with Crippen molar-refractivity contribution in [3.05, 3.63) is 33.3 Å². The molecule has 0 spiro atoms. The minimum absolute atomic E-state index is 0.271. The summed E-state index contributed by atoms with van der Waals surface area (Å²) in [6, 6.07) is 4.63. The molecule has 1 aromatic rings. The van der Waals surface area contributed by atoms with Crippen LogP contribution in [-0.2, 0) is 9.53 Å².